The molecule has 0 saturated carbocycles. The first-order valence-corrected chi connectivity index (χ1v) is 8.23. The van der Waals surface area contributed by atoms with E-state index in [9.17, 15) is 0 Å². The Morgan fingerprint density at radius 1 is 0.923 bits per heavy atom. The molecule has 0 spiro atoms. The highest BCUT2D eigenvalue weighted by molar-refractivity contribution is 7.76. The summed E-state index contributed by atoms with van der Waals surface area (Å²) < 4.78 is 0. The molecule has 0 aliphatic heterocycles. The summed E-state index contributed by atoms with van der Waals surface area (Å²) in [7, 11) is -0.614. The molecule has 0 heterocycles. The predicted octanol–water partition coefficient (Wildman–Crippen LogP) is 4.42. The second-order valence-corrected chi connectivity index (χ2v) is 8.37. The molecule has 0 nitrogen and oxygen atoms in total. The van der Waals surface area contributed by atoms with E-state index in [0.717, 1.165) is 0 Å². The first-order valence-electron chi connectivity index (χ1n) is 5.70. The summed E-state index contributed by atoms with van der Waals surface area (Å²) in [6.45, 7) is 10.9. The van der Waals surface area contributed by atoms with E-state index in [1.165, 1.54) is 43.9 Å². The molecular weight excluding hydrogens is 175 g/mol. The number of hydrogen-bond donors (Lipinski definition) is 0. The van der Waals surface area contributed by atoms with Gasteiger partial charge < -0.3 is 0 Å². The molecule has 0 amide bonds. The van der Waals surface area contributed by atoms with E-state index in [2.05, 4.69) is 33.4 Å². The van der Waals surface area contributed by atoms with Crippen LogP contribution in [0.2, 0.25) is 0 Å². The molecule has 1 heteroatoms. The van der Waals surface area contributed by atoms with Crippen LogP contribution in [0.1, 0.15) is 40.0 Å². The van der Waals surface area contributed by atoms with Crippen molar-refractivity contribution in [2.75, 3.05) is 24.6 Å². The molecule has 0 rings (SSSR count). The summed E-state index contributed by atoms with van der Waals surface area (Å²) in [5.41, 5.74) is 0. The van der Waals surface area contributed by atoms with Gasteiger partial charge in [0.25, 0.3) is 0 Å². The maximum absolute atomic E-state index is 3.92. The number of hydrogen-bond acceptors (Lipinski definition) is 0. The molecule has 0 atom stereocenters. The standard InChI is InChI=1S/C12H26P/c1-5-9-13(10-6-2,11-7-3)12-8-4/h5H,1,6-12H2,2-4H3/q+1. The van der Waals surface area contributed by atoms with Gasteiger partial charge in [0.2, 0.25) is 0 Å². The van der Waals surface area contributed by atoms with Gasteiger partial charge in [-0.2, -0.15) is 0 Å². The Morgan fingerprint density at radius 3 is 1.54 bits per heavy atom. The van der Waals surface area contributed by atoms with Crippen molar-refractivity contribution in [2.45, 2.75) is 40.0 Å². The van der Waals surface area contributed by atoms with Crippen molar-refractivity contribution in [1.29, 1.82) is 0 Å². The SMILES string of the molecule is C=CC[P+](CCC)(CCC)CCC. The molecule has 0 aliphatic carbocycles. The quantitative estimate of drug-likeness (QED) is 0.403. The summed E-state index contributed by atoms with van der Waals surface area (Å²) in [5.74, 6) is 0. The Labute approximate surface area is 85.1 Å². The van der Waals surface area contributed by atoms with Crippen LogP contribution in [0, 0.1) is 0 Å². The lowest BCUT2D eigenvalue weighted by Gasteiger charge is -2.25. The average molecular weight is 201 g/mol. The lowest BCUT2D eigenvalue weighted by Crippen LogP contribution is -2.10. The fourth-order valence-electron chi connectivity index (χ4n) is 2.31. The molecule has 0 unspecified atom stereocenters. The second kappa shape index (κ2) is 7.56. The zero-order valence-electron chi connectivity index (χ0n) is 9.68. The highest BCUT2D eigenvalue weighted by Crippen LogP contribution is 2.59. The number of rotatable bonds is 8. The molecule has 0 fully saturated rings. The first-order chi connectivity index (χ1) is 6.24. The van der Waals surface area contributed by atoms with Crippen molar-refractivity contribution < 1.29 is 0 Å². The van der Waals surface area contributed by atoms with Gasteiger partial charge in [-0.3, -0.25) is 0 Å². The molecule has 0 N–H and O–H groups in total. The third kappa shape index (κ3) is 4.81. The van der Waals surface area contributed by atoms with Crippen LogP contribution in [0.15, 0.2) is 12.7 Å². The topological polar surface area (TPSA) is 0 Å². The molecule has 0 aliphatic rings. The minimum Gasteiger partial charge on any atom is -0.0995 e. The van der Waals surface area contributed by atoms with Crippen LogP contribution in [0.5, 0.6) is 0 Å². The van der Waals surface area contributed by atoms with Crippen molar-refractivity contribution in [3.8, 4) is 0 Å². The molecule has 0 radical (unpaired) electrons. The summed E-state index contributed by atoms with van der Waals surface area (Å²) in [6, 6.07) is 0. The van der Waals surface area contributed by atoms with Gasteiger partial charge in [0.15, 0.2) is 0 Å². The Hall–Kier alpha value is 0.170. The van der Waals surface area contributed by atoms with E-state index in [1.807, 2.05) is 0 Å². The molecule has 0 aromatic carbocycles. The van der Waals surface area contributed by atoms with Gasteiger partial charge in [-0.15, -0.1) is 0 Å². The van der Waals surface area contributed by atoms with E-state index in [1.54, 1.807) is 0 Å². The first kappa shape index (κ1) is 13.2. The molecule has 0 aromatic heterocycles. The summed E-state index contributed by atoms with van der Waals surface area (Å²) in [5, 5.41) is 0. The highest BCUT2D eigenvalue weighted by Gasteiger charge is 2.32. The zero-order chi connectivity index (χ0) is 10.2. The smallest absolute Gasteiger partial charge is 0.0771 e. The van der Waals surface area contributed by atoms with E-state index in [0.29, 0.717) is 0 Å². The third-order valence-corrected chi connectivity index (χ3v) is 7.83. The normalized spacial score (nSPS) is 11.6. The molecule has 0 aromatic rings. The van der Waals surface area contributed by atoms with Crippen LogP contribution in [-0.2, 0) is 0 Å². The fourth-order valence-corrected chi connectivity index (χ4v) is 6.92. The molecule has 0 saturated heterocycles. The van der Waals surface area contributed by atoms with Gasteiger partial charge in [0.05, 0.1) is 24.6 Å². The Bertz CT molecular complexity index is 112. The zero-order valence-corrected chi connectivity index (χ0v) is 10.6. The molecule has 13 heavy (non-hydrogen) atoms. The largest absolute Gasteiger partial charge is 0.0995 e. The van der Waals surface area contributed by atoms with Crippen LogP contribution in [0.4, 0.5) is 0 Å². The maximum Gasteiger partial charge on any atom is 0.0771 e. The molecule has 78 valence electrons. The van der Waals surface area contributed by atoms with Crippen LogP contribution < -0.4 is 0 Å². The summed E-state index contributed by atoms with van der Waals surface area (Å²) in [4.78, 5) is 0. The second-order valence-electron chi connectivity index (χ2n) is 3.98. The van der Waals surface area contributed by atoms with Crippen LogP contribution >= 0.6 is 7.26 Å². The maximum atomic E-state index is 3.92. The van der Waals surface area contributed by atoms with Crippen molar-refractivity contribution in [3.63, 3.8) is 0 Å². The van der Waals surface area contributed by atoms with E-state index < -0.39 is 7.26 Å². The lowest BCUT2D eigenvalue weighted by molar-refractivity contribution is 0.994. The van der Waals surface area contributed by atoms with Crippen LogP contribution in [-0.4, -0.2) is 24.6 Å². The van der Waals surface area contributed by atoms with E-state index in [4.69, 9.17) is 0 Å². The summed E-state index contributed by atoms with van der Waals surface area (Å²) >= 11 is 0. The summed E-state index contributed by atoms with van der Waals surface area (Å²) in [6.07, 6.45) is 12.0. The van der Waals surface area contributed by atoms with Crippen molar-refractivity contribution >= 4 is 7.26 Å². The fraction of sp³-hybridized carbons (Fsp3) is 0.833. The third-order valence-electron chi connectivity index (χ3n) is 2.61. The van der Waals surface area contributed by atoms with Gasteiger partial charge in [0.1, 0.15) is 0 Å². The van der Waals surface area contributed by atoms with Gasteiger partial charge in [-0.1, -0.05) is 33.4 Å². The molecule has 0 bridgehead atoms. The van der Waals surface area contributed by atoms with Crippen molar-refractivity contribution in [2.24, 2.45) is 0 Å². The van der Waals surface area contributed by atoms with Crippen LogP contribution in [0.3, 0.4) is 0 Å². The van der Waals surface area contributed by atoms with E-state index >= 15 is 0 Å². The van der Waals surface area contributed by atoms with Gasteiger partial charge in [-0.05, 0) is 19.3 Å². The van der Waals surface area contributed by atoms with E-state index in [-0.39, 0.29) is 0 Å². The molecular formula is C12H26P+. The Balaban J connectivity index is 4.27. The Kier molecular flexibility index (Phi) is 7.66. The predicted molar refractivity (Wildman–Crippen MR) is 67.5 cm³/mol. The van der Waals surface area contributed by atoms with Crippen molar-refractivity contribution in [1.82, 2.24) is 0 Å². The average Bonchev–Trinajstić information content (AvgIpc) is 2.06. The minimum absolute atomic E-state index is 0.614. The minimum atomic E-state index is -0.614. The Morgan fingerprint density at radius 2 is 1.31 bits per heavy atom. The van der Waals surface area contributed by atoms with Gasteiger partial charge in [-0.25, -0.2) is 0 Å². The van der Waals surface area contributed by atoms with Gasteiger partial charge >= 0.3 is 0 Å². The monoisotopic (exact) mass is 201 g/mol. The van der Waals surface area contributed by atoms with Gasteiger partial charge in [0, 0.05) is 7.26 Å². The van der Waals surface area contributed by atoms with Crippen LogP contribution in [0.25, 0.3) is 0 Å². The highest BCUT2D eigenvalue weighted by atomic mass is 31.2. The number of allylic oxidation sites excluding steroid dienone is 1. The van der Waals surface area contributed by atoms with Crippen molar-refractivity contribution in [3.05, 3.63) is 12.7 Å². The lowest BCUT2D eigenvalue weighted by atomic mass is 10.6.